The van der Waals surface area contributed by atoms with E-state index in [9.17, 15) is 0 Å². The molecule has 0 aromatic rings. The zero-order chi connectivity index (χ0) is 3.58. The summed E-state index contributed by atoms with van der Waals surface area (Å²) in [5, 5.41) is 0. The van der Waals surface area contributed by atoms with Gasteiger partial charge < -0.3 is 32.9 Å². The molecule has 0 rings (SSSR count). The van der Waals surface area contributed by atoms with Gasteiger partial charge in [0.25, 0.3) is 0 Å². The van der Waals surface area contributed by atoms with Crippen LogP contribution in [0.2, 0.25) is 0 Å². The topological polar surface area (TPSA) is 184 Å². The van der Waals surface area contributed by atoms with E-state index in [4.69, 9.17) is 14.1 Å². The van der Waals surface area contributed by atoms with Crippen molar-refractivity contribution in [2.45, 2.75) is 0 Å². The van der Waals surface area contributed by atoms with Gasteiger partial charge in [-0.25, -0.2) is 0 Å². The number of rotatable bonds is 0. The quantitative estimate of drug-likeness (QED) is 0.373. The predicted octanol–water partition coefficient (Wildman–Crippen LogP) is -7.80. The minimum atomic E-state index is -3.13. The second-order valence-electron chi connectivity index (χ2n) is 0.283. The Hall–Kier alpha value is 0.769. The van der Waals surface area contributed by atoms with E-state index in [0.717, 1.165) is 0 Å². The van der Waals surface area contributed by atoms with Crippen LogP contribution in [0.4, 0.5) is 0 Å². The molecule has 0 heterocycles. The van der Waals surface area contributed by atoms with E-state index in [2.05, 4.69) is 0 Å². The third-order valence-corrected chi connectivity index (χ3v) is 0. The maximum Gasteiger partial charge on any atom is 1.00 e. The SMILES string of the molecule is O.O.O.O.O=[Si](O)O.[H-].[Li+].[Ti]. The van der Waals surface area contributed by atoms with Crippen LogP contribution < -0.4 is 18.9 Å². The molecule has 0 radical (unpaired) electrons. The van der Waals surface area contributed by atoms with E-state index in [0.29, 0.717) is 0 Å². The molecular weight excluding hydrogens is 195 g/mol. The Balaban J connectivity index is -0.00000000214. The normalized spacial score (nSPS) is 2.40. The maximum absolute atomic E-state index is 8.74. The van der Waals surface area contributed by atoms with Crippen molar-refractivity contribution in [1.29, 1.82) is 0 Å². The molecule has 0 spiro atoms. The third kappa shape index (κ3) is 896. The Morgan fingerprint density at radius 2 is 1.00 bits per heavy atom. The van der Waals surface area contributed by atoms with Gasteiger partial charge in [-0.05, 0) is 0 Å². The van der Waals surface area contributed by atoms with E-state index >= 15 is 0 Å². The first-order chi connectivity index (χ1) is 1.73. The summed E-state index contributed by atoms with van der Waals surface area (Å²) in [7, 11) is -3.13. The van der Waals surface area contributed by atoms with Crippen molar-refractivity contribution in [3.05, 3.63) is 0 Å². The molecule has 10 N–H and O–H groups in total. The van der Waals surface area contributed by atoms with Crippen LogP contribution in [0.5, 0.6) is 0 Å². The van der Waals surface area contributed by atoms with Gasteiger partial charge in [0, 0.05) is 21.7 Å². The molecule has 0 amide bonds. The summed E-state index contributed by atoms with van der Waals surface area (Å²) in [5.41, 5.74) is 0. The van der Waals surface area contributed by atoms with E-state index in [1.165, 1.54) is 0 Å². The van der Waals surface area contributed by atoms with Gasteiger partial charge in [-0.15, -0.1) is 0 Å². The van der Waals surface area contributed by atoms with Gasteiger partial charge in [-0.3, -0.25) is 4.46 Å². The summed E-state index contributed by atoms with van der Waals surface area (Å²) >= 11 is 0. The van der Waals surface area contributed by atoms with Crippen LogP contribution in [0.1, 0.15) is 1.43 Å². The van der Waals surface area contributed by atoms with Crippen molar-refractivity contribution < 1.29 is 78.0 Å². The maximum atomic E-state index is 8.74. The molecule has 0 atom stereocenters. The average Bonchev–Trinajstić information content (AvgIpc) is 0.811. The molecule has 10 heavy (non-hydrogen) atoms. The summed E-state index contributed by atoms with van der Waals surface area (Å²) in [6, 6.07) is 0. The van der Waals surface area contributed by atoms with Crippen molar-refractivity contribution in [3.8, 4) is 0 Å². The minimum absolute atomic E-state index is 0. The summed E-state index contributed by atoms with van der Waals surface area (Å²) in [4.78, 5) is 14.3. The van der Waals surface area contributed by atoms with Gasteiger partial charge in [0.05, 0.1) is 0 Å². The molecule has 0 aromatic heterocycles. The molecule has 0 saturated heterocycles. The number of hydrogen-bond acceptors (Lipinski definition) is 1. The average molecular weight is 206 g/mol. The van der Waals surface area contributed by atoms with Gasteiger partial charge >= 0.3 is 28.0 Å². The Labute approximate surface area is 87.1 Å². The first kappa shape index (κ1) is 72.4. The molecule has 0 aromatic carbocycles. The van der Waals surface area contributed by atoms with E-state index < -0.39 is 9.17 Å². The second kappa shape index (κ2) is 52.9. The second-order valence-corrected chi connectivity index (χ2v) is 0.848. The fourth-order valence-corrected chi connectivity index (χ4v) is 0. The van der Waals surface area contributed by atoms with E-state index in [1.54, 1.807) is 0 Å². The van der Waals surface area contributed by atoms with Gasteiger partial charge in [0.15, 0.2) is 0 Å². The van der Waals surface area contributed by atoms with Crippen LogP contribution in [0.15, 0.2) is 0 Å². The molecule has 7 nitrogen and oxygen atoms in total. The Bertz CT molecular complexity index is 41.4. The van der Waals surface area contributed by atoms with E-state index in [1.807, 2.05) is 0 Å². The molecule has 0 aliphatic rings. The van der Waals surface area contributed by atoms with Crippen molar-refractivity contribution in [2.24, 2.45) is 0 Å². The summed E-state index contributed by atoms with van der Waals surface area (Å²) in [5.74, 6) is 0. The van der Waals surface area contributed by atoms with Gasteiger partial charge in [-0.1, -0.05) is 0 Å². The first-order valence-corrected chi connectivity index (χ1v) is 1.95. The molecule has 0 bridgehead atoms. The van der Waals surface area contributed by atoms with Crippen molar-refractivity contribution >= 4 is 9.17 Å². The standard InChI is InChI=1S/Li.H2O3Si.4H2O.Ti.H/c;1-4(2)3;;;;;;/h;1-2H;4*1H2;;/q+1;;;;;;;-1. The van der Waals surface area contributed by atoms with Crippen LogP contribution in [0, 0.1) is 0 Å². The fraction of sp³-hybridized carbons (Fsp3) is 0. The Morgan fingerprint density at radius 1 is 1.00 bits per heavy atom. The molecular formula is H11LiO7SiTi. The van der Waals surface area contributed by atoms with Crippen LogP contribution in [0.25, 0.3) is 0 Å². The van der Waals surface area contributed by atoms with Crippen molar-refractivity contribution in [2.75, 3.05) is 0 Å². The third-order valence-electron chi connectivity index (χ3n) is 0. The molecule has 10 heteroatoms. The van der Waals surface area contributed by atoms with Crippen LogP contribution in [-0.2, 0) is 26.2 Å². The van der Waals surface area contributed by atoms with Crippen LogP contribution >= 0.6 is 0 Å². The monoisotopic (exact) mass is 206 g/mol. The fourth-order valence-electron chi connectivity index (χ4n) is 0. The molecule has 62 valence electrons. The van der Waals surface area contributed by atoms with Crippen LogP contribution in [0.3, 0.4) is 0 Å². The molecule has 0 fully saturated rings. The van der Waals surface area contributed by atoms with Crippen molar-refractivity contribution in [3.63, 3.8) is 0 Å². The molecule has 0 aliphatic carbocycles. The molecule has 0 unspecified atom stereocenters. The summed E-state index contributed by atoms with van der Waals surface area (Å²) in [6.45, 7) is 0. The zero-order valence-corrected chi connectivity index (χ0v) is 7.86. The smallest absolute Gasteiger partial charge is 1.00 e. The minimum Gasteiger partial charge on any atom is -1.00 e. The van der Waals surface area contributed by atoms with Gasteiger partial charge in [0.1, 0.15) is 0 Å². The summed E-state index contributed by atoms with van der Waals surface area (Å²) in [6.07, 6.45) is 0. The largest absolute Gasteiger partial charge is 1.00 e. The predicted molar refractivity (Wildman–Crippen MR) is 26.4 cm³/mol. The van der Waals surface area contributed by atoms with Gasteiger partial charge in [-0.2, -0.15) is 0 Å². The number of hydrogen-bond donors (Lipinski definition) is 2. The zero-order valence-electron chi connectivity index (χ0n) is 6.30. The summed E-state index contributed by atoms with van der Waals surface area (Å²) < 4.78 is 8.74. The first-order valence-electron chi connectivity index (χ1n) is 0.651. The Morgan fingerprint density at radius 3 is 1.00 bits per heavy atom. The van der Waals surface area contributed by atoms with Crippen LogP contribution in [-0.4, -0.2) is 40.7 Å². The molecule has 0 saturated carbocycles. The molecule has 0 aliphatic heterocycles. The van der Waals surface area contributed by atoms with Crippen molar-refractivity contribution in [1.82, 2.24) is 0 Å². The van der Waals surface area contributed by atoms with Gasteiger partial charge in [0.2, 0.25) is 0 Å². The Kier molecular flexibility index (Phi) is 383. The van der Waals surface area contributed by atoms with E-state index in [-0.39, 0.29) is 63.9 Å².